The van der Waals surface area contributed by atoms with Crippen LogP contribution in [0.4, 0.5) is 19.0 Å². The summed E-state index contributed by atoms with van der Waals surface area (Å²) in [6, 6.07) is 13.5. The summed E-state index contributed by atoms with van der Waals surface area (Å²) >= 11 is 0. The van der Waals surface area contributed by atoms with E-state index in [-0.39, 0.29) is 5.65 Å². The van der Waals surface area contributed by atoms with E-state index in [1.807, 2.05) is 23.1 Å². The predicted molar refractivity (Wildman–Crippen MR) is 94.6 cm³/mol. The van der Waals surface area contributed by atoms with E-state index in [2.05, 4.69) is 32.3 Å². The molecule has 27 heavy (non-hydrogen) atoms. The lowest BCUT2D eigenvalue weighted by Crippen LogP contribution is -2.47. The summed E-state index contributed by atoms with van der Waals surface area (Å²) in [5, 5.41) is 10.9. The molecule has 0 spiro atoms. The van der Waals surface area contributed by atoms with E-state index in [1.165, 1.54) is 11.6 Å². The van der Waals surface area contributed by atoms with Crippen LogP contribution in [0.3, 0.4) is 0 Å². The Kier molecular flexibility index (Phi) is 4.69. The Morgan fingerprint density at radius 3 is 2.33 bits per heavy atom. The SMILES string of the molecule is FC(F)(F)c1nnc2ccc(N3CCN(CCc4ccccc4)CC3)nn12. The van der Waals surface area contributed by atoms with Crippen molar-refractivity contribution in [3.63, 3.8) is 0 Å². The fourth-order valence-electron chi connectivity index (χ4n) is 3.26. The van der Waals surface area contributed by atoms with Crippen LogP contribution in [0.5, 0.6) is 0 Å². The van der Waals surface area contributed by atoms with Gasteiger partial charge in [-0.3, -0.25) is 4.90 Å². The molecule has 1 aliphatic heterocycles. The third kappa shape index (κ3) is 3.87. The molecule has 0 amide bonds. The number of fused-ring (bicyclic) bond motifs is 1. The zero-order valence-electron chi connectivity index (χ0n) is 14.6. The van der Waals surface area contributed by atoms with Gasteiger partial charge in [0.25, 0.3) is 5.82 Å². The second-order valence-electron chi connectivity index (χ2n) is 6.55. The van der Waals surface area contributed by atoms with Crippen molar-refractivity contribution in [3.8, 4) is 0 Å². The average Bonchev–Trinajstić information content (AvgIpc) is 3.11. The molecule has 3 aromatic rings. The summed E-state index contributed by atoms with van der Waals surface area (Å²) in [6.07, 6.45) is -3.60. The van der Waals surface area contributed by atoms with Crippen molar-refractivity contribution in [1.82, 2.24) is 24.7 Å². The van der Waals surface area contributed by atoms with Crippen molar-refractivity contribution in [2.24, 2.45) is 0 Å². The summed E-state index contributed by atoms with van der Waals surface area (Å²) < 4.78 is 39.8. The lowest BCUT2D eigenvalue weighted by molar-refractivity contribution is -0.146. The molecule has 1 saturated heterocycles. The van der Waals surface area contributed by atoms with E-state index in [0.717, 1.165) is 43.7 Å². The average molecular weight is 376 g/mol. The number of hydrogen-bond donors (Lipinski definition) is 0. The van der Waals surface area contributed by atoms with Gasteiger partial charge in [-0.2, -0.15) is 17.7 Å². The van der Waals surface area contributed by atoms with E-state index in [1.54, 1.807) is 6.07 Å². The Balaban J connectivity index is 1.40. The fraction of sp³-hybridized carbons (Fsp3) is 0.389. The minimum absolute atomic E-state index is 0.0903. The minimum Gasteiger partial charge on any atom is -0.353 e. The van der Waals surface area contributed by atoms with Gasteiger partial charge >= 0.3 is 6.18 Å². The van der Waals surface area contributed by atoms with Gasteiger partial charge in [-0.15, -0.1) is 15.3 Å². The molecule has 0 radical (unpaired) electrons. The van der Waals surface area contributed by atoms with Gasteiger partial charge in [0.15, 0.2) is 5.65 Å². The normalized spacial score (nSPS) is 16.2. The first-order valence-electron chi connectivity index (χ1n) is 8.81. The number of hydrogen-bond acceptors (Lipinski definition) is 5. The summed E-state index contributed by atoms with van der Waals surface area (Å²) in [5.41, 5.74) is 1.40. The monoisotopic (exact) mass is 376 g/mol. The standard InChI is InChI=1S/C18H19F3N6/c19-18(20,21)17-23-22-15-6-7-16(24-27(15)17)26-12-10-25(11-13-26)9-8-14-4-2-1-3-5-14/h1-7H,8-13H2. The number of nitrogens with zero attached hydrogens (tertiary/aromatic N) is 6. The molecule has 0 bridgehead atoms. The lowest BCUT2D eigenvalue weighted by atomic mass is 10.1. The molecular weight excluding hydrogens is 357 g/mol. The summed E-state index contributed by atoms with van der Waals surface area (Å²) in [6.45, 7) is 4.10. The van der Waals surface area contributed by atoms with Crippen LogP contribution in [0.25, 0.3) is 5.65 Å². The van der Waals surface area contributed by atoms with E-state index < -0.39 is 12.0 Å². The molecular formula is C18H19F3N6. The Labute approximate surface area is 154 Å². The highest BCUT2D eigenvalue weighted by molar-refractivity contribution is 5.46. The highest BCUT2D eigenvalue weighted by atomic mass is 19.4. The van der Waals surface area contributed by atoms with E-state index in [4.69, 9.17) is 0 Å². The summed E-state index contributed by atoms with van der Waals surface area (Å²) in [4.78, 5) is 4.36. The lowest BCUT2D eigenvalue weighted by Gasteiger charge is -2.35. The van der Waals surface area contributed by atoms with Gasteiger partial charge in [-0.1, -0.05) is 30.3 Å². The van der Waals surface area contributed by atoms with Crippen LogP contribution in [0.15, 0.2) is 42.5 Å². The zero-order chi connectivity index (χ0) is 18.9. The maximum atomic E-state index is 13.0. The van der Waals surface area contributed by atoms with Crippen molar-refractivity contribution < 1.29 is 13.2 Å². The number of benzene rings is 1. The fourth-order valence-corrected chi connectivity index (χ4v) is 3.26. The zero-order valence-corrected chi connectivity index (χ0v) is 14.6. The van der Waals surface area contributed by atoms with E-state index >= 15 is 0 Å². The second kappa shape index (κ2) is 7.15. The van der Waals surface area contributed by atoms with Gasteiger partial charge in [0.2, 0.25) is 0 Å². The number of anilines is 1. The predicted octanol–water partition coefficient (Wildman–Crippen LogP) is 2.51. The van der Waals surface area contributed by atoms with Crippen LogP contribution in [-0.4, -0.2) is 57.4 Å². The first-order valence-corrected chi connectivity index (χ1v) is 8.81. The molecule has 142 valence electrons. The van der Waals surface area contributed by atoms with Crippen molar-refractivity contribution >= 4 is 11.5 Å². The van der Waals surface area contributed by atoms with Gasteiger partial charge in [-0.25, -0.2) is 0 Å². The van der Waals surface area contributed by atoms with E-state index in [9.17, 15) is 13.2 Å². The number of rotatable bonds is 4. The Hall–Kier alpha value is -2.68. The van der Waals surface area contributed by atoms with Crippen LogP contribution < -0.4 is 4.90 Å². The molecule has 0 aliphatic carbocycles. The molecule has 0 N–H and O–H groups in total. The molecule has 1 fully saturated rings. The minimum atomic E-state index is -4.58. The van der Waals surface area contributed by atoms with Gasteiger partial charge in [0.1, 0.15) is 5.82 Å². The Bertz CT molecular complexity index is 900. The Morgan fingerprint density at radius 1 is 0.889 bits per heavy atom. The van der Waals surface area contributed by atoms with Crippen molar-refractivity contribution in [2.45, 2.75) is 12.6 Å². The van der Waals surface area contributed by atoms with Gasteiger partial charge in [-0.05, 0) is 24.1 Å². The highest BCUT2D eigenvalue weighted by Crippen LogP contribution is 2.28. The molecule has 3 heterocycles. The van der Waals surface area contributed by atoms with Gasteiger partial charge < -0.3 is 4.90 Å². The molecule has 9 heteroatoms. The maximum Gasteiger partial charge on any atom is 0.453 e. The molecule has 1 aromatic carbocycles. The molecule has 1 aliphatic rings. The van der Waals surface area contributed by atoms with Crippen LogP contribution in [0.1, 0.15) is 11.4 Å². The number of halogens is 3. The van der Waals surface area contributed by atoms with Gasteiger partial charge in [0.05, 0.1) is 0 Å². The van der Waals surface area contributed by atoms with Crippen molar-refractivity contribution in [1.29, 1.82) is 0 Å². The molecule has 0 saturated carbocycles. The number of alkyl halides is 3. The van der Waals surface area contributed by atoms with Crippen LogP contribution >= 0.6 is 0 Å². The van der Waals surface area contributed by atoms with Gasteiger partial charge in [0, 0.05) is 32.7 Å². The second-order valence-corrected chi connectivity index (χ2v) is 6.55. The maximum absolute atomic E-state index is 13.0. The Morgan fingerprint density at radius 2 is 1.63 bits per heavy atom. The molecule has 0 unspecified atom stereocenters. The molecule has 2 aromatic heterocycles. The summed E-state index contributed by atoms with van der Waals surface area (Å²) in [5.74, 6) is -0.587. The van der Waals surface area contributed by atoms with Crippen LogP contribution in [-0.2, 0) is 12.6 Å². The quantitative estimate of drug-likeness (QED) is 0.700. The molecule has 0 atom stereocenters. The third-order valence-corrected chi connectivity index (χ3v) is 4.76. The smallest absolute Gasteiger partial charge is 0.353 e. The molecule has 6 nitrogen and oxygen atoms in total. The highest BCUT2D eigenvalue weighted by Gasteiger charge is 2.37. The summed E-state index contributed by atoms with van der Waals surface area (Å²) in [7, 11) is 0. The van der Waals surface area contributed by atoms with Crippen molar-refractivity contribution in [3.05, 3.63) is 53.9 Å². The van der Waals surface area contributed by atoms with Crippen molar-refractivity contribution in [2.75, 3.05) is 37.6 Å². The third-order valence-electron chi connectivity index (χ3n) is 4.76. The number of piperazine rings is 1. The van der Waals surface area contributed by atoms with Crippen LogP contribution in [0.2, 0.25) is 0 Å². The largest absolute Gasteiger partial charge is 0.453 e. The molecule has 4 rings (SSSR count). The first-order chi connectivity index (χ1) is 13.0. The first kappa shape index (κ1) is 17.7. The topological polar surface area (TPSA) is 49.6 Å². The van der Waals surface area contributed by atoms with Crippen LogP contribution in [0, 0.1) is 0 Å². The number of aromatic nitrogens is 4. The van der Waals surface area contributed by atoms with E-state index in [0.29, 0.717) is 5.82 Å².